The van der Waals surface area contributed by atoms with Gasteiger partial charge in [0.15, 0.2) is 0 Å². The summed E-state index contributed by atoms with van der Waals surface area (Å²) in [6, 6.07) is 0. The summed E-state index contributed by atoms with van der Waals surface area (Å²) in [5.41, 5.74) is 0. The highest BCUT2D eigenvalue weighted by molar-refractivity contribution is 7.84. The molecule has 0 aliphatic carbocycles. The summed E-state index contributed by atoms with van der Waals surface area (Å²) in [5.74, 6) is 0.673. The van der Waals surface area contributed by atoms with Crippen molar-refractivity contribution in [2.75, 3.05) is 44.9 Å². The van der Waals surface area contributed by atoms with Crippen LogP contribution >= 0.6 is 0 Å². The van der Waals surface area contributed by atoms with Gasteiger partial charge >= 0.3 is 0 Å². The number of hydrogen-bond donors (Lipinski definition) is 1. The second-order valence-electron chi connectivity index (χ2n) is 3.31. The molecule has 1 heterocycles. The molecule has 0 aromatic rings. The lowest BCUT2D eigenvalue weighted by atomic mass is 10.3. The van der Waals surface area contributed by atoms with Crippen molar-refractivity contribution < 1.29 is 14.1 Å². The van der Waals surface area contributed by atoms with E-state index in [2.05, 4.69) is 4.90 Å². The first kappa shape index (κ1) is 11.1. The first-order valence-corrected chi connectivity index (χ1v) is 6.19. The molecule has 5 heteroatoms. The van der Waals surface area contributed by atoms with Crippen LogP contribution in [0.2, 0.25) is 0 Å². The van der Waals surface area contributed by atoms with E-state index in [-0.39, 0.29) is 0 Å². The van der Waals surface area contributed by atoms with Crippen LogP contribution in [-0.4, -0.2) is 65.2 Å². The number of β-amino-alcohol motifs (C(OH)–C–C–N with tert-alkyl or cyclic N) is 1. The van der Waals surface area contributed by atoms with Gasteiger partial charge in [0.25, 0.3) is 0 Å². The van der Waals surface area contributed by atoms with E-state index in [1.165, 1.54) is 0 Å². The third-order valence-corrected chi connectivity index (χ3v) is 2.78. The second kappa shape index (κ2) is 5.70. The lowest BCUT2D eigenvalue weighted by molar-refractivity contribution is 0.0567. The summed E-state index contributed by atoms with van der Waals surface area (Å²) in [5, 5.41) is 9.38. The fourth-order valence-electron chi connectivity index (χ4n) is 1.32. The van der Waals surface area contributed by atoms with E-state index in [1.54, 1.807) is 6.26 Å². The number of rotatable bonds is 3. The number of nitrogens with zero attached hydrogens (tertiary/aromatic N) is 1. The monoisotopic (exact) mass is 207 g/mol. The Hall–Kier alpha value is 0.0300. The van der Waals surface area contributed by atoms with Crippen LogP contribution in [0.15, 0.2) is 0 Å². The topological polar surface area (TPSA) is 49.8 Å². The Morgan fingerprint density at radius 2 is 2.46 bits per heavy atom. The van der Waals surface area contributed by atoms with Gasteiger partial charge in [0, 0.05) is 42.4 Å². The Kier molecular flexibility index (Phi) is 4.87. The van der Waals surface area contributed by atoms with Crippen molar-refractivity contribution in [3.63, 3.8) is 0 Å². The molecule has 0 amide bonds. The van der Waals surface area contributed by atoms with E-state index >= 15 is 0 Å². The van der Waals surface area contributed by atoms with E-state index < -0.39 is 16.9 Å². The maximum atomic E-state index is 10.8. The molecule has 1 saturated heterocycles. The van der Waals surface area contributed by atoms with Crippen molar-refractivity contribution in [3.8, 4) is 0 Å². The third kappa shape index (κ3) is 4.71. The fourth-order valence-corrected chi connectivity index (χ4v) is 1.83. The van der Waals surface area contributed by atoms with Gasteiger partial charge in [0.1, 0.15) is 0 Å². The molecule has 0 aromatic heterocycles. The molecular formula is C8H17NO3S. The van der Waals surface area contributed by atoms with Gasteiger partial charge in [-0.25, -0.2) is 0 Å². The number of aliphatic hydroxyl groups excluding tert-OH is 1. The lowest BCUT2D eigenvalue weighted by Crippen LogP contribution is -2.35. The van der Waals surface area contributed by atoms with Gasteiger partial charge in [-0.1, -0.05) is 0 Å². The van der Waals surface area contributed by atoms with E-state index in [9.17, 15) is 9.32 Å². The first-order valence-electron chi connectivity index (χ1n) is 4.46. The average Bonchev–Trinajstić information content (AvgIpc) is 2.26. The van der Waals surface area contributed by atoms with Gasteiger partial charge in [-0.15, -0.1) is 0 Å². The van der Waals surface area contributed by atoms with E-state index in [1.807, 2.05) is 0 Å². The Bertz CT molecular complexity index is 177. The maximum Gasteiger partial charge on any atom is 0.0900 e. The summed E-state index contributed by atoms with van der Waals surface area (Å²) in [4.78, 5) is 2.10. The second-order valence-corrected chi connectivity index (χ2v) is 4.86. The van der Waals surface area contributed by atoms with Crippen LogP contribution < -0.4 is 0 Å². The Morgan fingerprint density at radius 3 is 3.15 bits per heavy atom. The van der Waals surface area contributed by atoms with Crippen molar-refractivity contribution in [3.05, 3.63) is 0 Å². The molecule has 13 heavy (non-hydrogen) atoms. The largest absolute Gasteiger partial charge is 0.389 e. The highest BCUT2D eigenvalue weighted by Crippen LogP contribution is 1.99. The summed E-state index contributed by atoms with van der Waals surface area (Å²) in [7, 11) is -0.748. The fraction of sp³-hybridized carbons (Fsp3) is 1.00. The molecule has 1 aliphatic heterocycles. The third-order valence-electron chi connectivity index (χ3n) is 2.03. The van der Waals surface area contributed by atoms with Crippen molar-refractivity contribution in [2.24, 2.45) is 0 Å². The quantitative estimate of drug-likeness (QED) is 0.649. The molecule has 1 aliphatic rings. The molecule has 0 saturated carbocycles. The molecule has 1 fully saturated rings. The number of aliphatic hydroxyl groups is 1. The summed E-state index contributed by atoms with van der Waals surface area (Å²) in [6.07, 6.45) is 1.30. The summed E-state index contributed by atoms with van der Waals surface area (Å²) in [6.45, 7) is 3.33. The normalized spacial score (nSPS) is 28.3. The van der Waals surface area contributed by atoms with Gasteiger partial charge in [-0.05, 0) is 0 Å². The standard InChI is InChI=1S/C8H17NO3S/c1-13(11)5-3-9-2-4-12-7-8(10)6-9/h8,10H,2-7H2,1H3. The van der Waals surface area contributed by atoms with Gasteiger partial charge in [0.05, 0.1) is 19.3 Å². The summed E-state index contributed by atoms with van der Waals surface area (Å²) >= 11 is 0. The molecule has 0 aromatic carbocycles. The molecule has 0 bridgehead atoms. The van der Waals surface area contributed by atoms with E-state index in [0.29, 0.717) is 25.5 Å². The Balaban J connectivity index is 2.26. The van der Waals surface area contributed by atoms with Crippen LogP contribution in [0.25, 0.3) is 0 Å². The van der Waals surface area contributed by atoms with Crippen molar-refractivity contribution >= 4 is 10.8 Å². The molecule has 78 valence electrons. The molecule has 0 spiro atoms. The van der Waals surface area contributed by atoms with Crippen LogP contribution in [0.5, 0.6) is 0 Å². The van der Waals surface area contributed by atoms with Crippen LogP contribution in [0.4, 0.5) is 0 Å². The minimum Gasteiger partial charge on any atom is -0.389 e. The van der Waals surface area contributed by atoms with Gasteiger partial charge in [-0.3, -0.25) is 9.11 Å². The highest BCUT2D eigenvalue weighted by Gasteiger charge is 2.15. The van der Waals surface area contributed by atoms with Crippen molar-refractivity contribution in [1.82, 2.24) is 4.90 Å². The minimum atomic E-state index is -0.748. The van der Waals surface area contributed by atoms with Crippen LogP contribution in [-0.2, 0) is 15.5 Å². The SMILES string of the molecule is CS(=O)CCN1CCOCC(O)C1. The molecule has 1 N–H and O–H groups in total. The Morgan fingerprint density at radius 1 is 1.69 bits per heavy atom. The Labute approximate surface area is 81.3 Å². The lowest BCUT2D eigenvalue weighted by Gasteiger charge is -2.19. The predicted octanol–water partition coefficient (Wildman–Crippen LogP) is -0.942. The zero-order valence-electron chi connectivity index (χ0n) is 7.94. The first-order chi connectivity index (χ1) is 6.18. The van der Waals surface area contributed by atoms with Crippen molar-refractivity contribution in [2.45, 2.75) is 6.10 Å². The van der Waals surface area contributed by atoms with E-state index in [4.69, 9.17) is 4.74 Å². The smallest absolute Gasteiger partial charge is 0.0900 e. The molecule has 2 unspecified atom stereocenters. The van der Waals surface area contributed by atoms with Gasteiger partial charge in [0.2, 0.25) is 0 Å². The van der Waals surface area contributed by atoms with Crippen LogP contribution in [0.1, 0.15) is 0 Å². The molecular weight excluding hydrogens is 190 g/mol. The average molecular weight is 207 g/mol. The molecule has 0 radical (unpaired) electrons. The van der Waals surface area contributed by atoms with Gasteiger partial charge < -0.3 is 9.84 Å². The van der Waals surface area contributed by atoms with Gasteiger partial charge in [-0.2, -0.15) is 0 Å². The van der Waals surface area contributed by atoms with Crippen molar-refractivity contribution in [1.29, 1.82) is 0 Å². The minimum absolute atomic E-state index is 0.396. The molecule has 2 atom stereocenters. The van der Waals surface area contributed by atoms with E-state index in [0.717, 1.165) is 13.1 Å². The predicted molar refractivity (Wildman–Crippen MR) is 52.2 cm³/mol. The zero-order valence-corrected chi connectivity index (χ0v) is 8.76. The highest BCUT2D eigenvalue weighted by atomic mass is 32.2. The number of ether oxygens (including phenoxy) is 1. The molecule has 4 nitrogen and oxygen atoms in total. The maximum absolute atomic E-state index is 10.8. The summed E-state index contributed by atoms with van der Waals surface area (Å²) < 4.78 is 16.0. The number of hydrogen-bond acceptors (Lipinski definition) is 4. The zero-order chi connectivity index (χ0) is 9.68. The van der Waals surface area contributed by atoms with Crippen LogP contribution in [0, 0.1) is 0 Å². The van der Waals surface area contributed by atoms with Crippen LogP contribution in [0.3, 0.4) is 0 Å². The molecule has 1 rings (SSSR count).